The molecule has 0 fully saturated rings. The molecule has 1 heterocycles. The monoisotopic (exact) mass is 484 g/mol. The third-order valence-electron chi connectivity index (χ3n) is 3.34. The third-order valence-corrected chi connectivity index (χ3v) is 4.39. The molecule has 0 saturated carbocycles. The van der Waals surface area contributed by atoms with Crippen LogP contribution < -0.4 is 24.4 Å². The number of carbonyl (C=O) groups excluding carboxylic acids is 1. The Morgan fingerprint density at radius 1 is 1.27 bits per heavy atom. The summed E-state index contributed by atoms with van der Waals surface area (Å²) in [6.07, 6.45) is 1.51. The number of fused-ring (bicyclic) bond motifs is 1. The first-order valence-electron chi connectivity index (χ1n) is 7.44. The van der Waals surface area contributed by atoms with Crippen LogP contribution >= 0.6 is 31.9 Å². The zero-order chi connectivity index (χ0) is 18.5. The van der Waals surface area contributed by atoms with Gasteiger partial charge in [-0.1, -0.05) is 15.9 Å². The van der Waals surface area contributed by atoms with Crippen molar-refractivity contribution in [3.05, 3.63) is 44.8 Å². The predicted molar refractivity (Wildman–Crippen MR) is 102 cm³/mol. The number of hydrogen-bond acceptors (Lipinski definition) is 6. The van der Waals surface area contributed by atoms with Crippen LogP contribution in [-0.2, 0) is 4.79 Å². The van der Waals surface area contributed by atoms with Crippen molar-refractivity contribution >= 4 is 44.0 Å². The van der Waals surface area contributed by atoms with E-state index in [1.54, 1.807) is 24.3 Å². The molecule has 0 unspecified atom stereocenters. The minimum absolute atomic E-state index is 0.207. The van der Waals surface area contributed by atoms with E-state index in [-0.39, 0.29) is 13.4 Å². The average Bonchev–Trinajstić information content (AvgIpc) is 3.08. The number of ether oxygens (including phenoxy) is 4. The summed E-state index contributed by atoms with van der Waals surface area (Å²) < 4.78 is 22.8. The summed E-state index contributed by atoms with van der Waals surface area (Å²) in [5.41, 5.74) is 3.18. The van der Waals surface area contributed by atoms with Gasteiger partial charge in [0.05, 0.1) is 17.8 Å². The summed E-state index contributed by atoms with van der Waals surface area (Å²) in [5.74, 6) is 1.87. The second kappa shape index (κ2) is 8.41. The van der Waals surface area contributed by atoms with E-state index >= 15 is 0 Å². The van der Waals surface area contributed by atoms with E-state index in [9.17, 15) is 4.79 Å². The third kappa shape index (κ3) is 4.47. The van der Waals surface area contributed by atoms with E-state index < -0.39 is 5.91 Å². The Morgan fingerprint density at radius 3 is 2.88 bits per heavy atom. The van der Waals surface area contributed by atoms with Crippen LogP contribution in [0, 0.1) is 0 Å². The summed E-state index contributed by atoms with van der Waals surface area (Å²) in [6.45, 7) is -0.00580. The highest BCUT2D eigenvalue weighted by Gasteiger charge is 2.14. The maximum Gasteiger partial charge on any atom is 0.277 e. The van der Waals surface area contributed by atoms with Crippen molar-refractivity contribution in [3.8, 4) is 23.0 Å². The molecule has 0 radical (unpaired) electrons. The topological polar surface area (TPSA) is 78.4 Å². The van der Waals surface area contributed by atoms with E-state index in [1.807, 2.05) is 6.07 Å². The van der Waals surface area contributed by atoms with Crippen molar-refractivity contribution in [1.82, 2.24) is 5.43 Å². The number of nitrogens with one attached hydrogen (secondary N) is 1. The SMILES string of the molecule is COc1cc(Br)cc(Br)c1OCC(=O)N/N=C\c1ccc2c(c1)OCO2. The molecule has 0 spiro atoms. The number of nitrogens with zero attached hydrogens (tertiary/aromatic N) is 1. The van der Waals surface area contributed by atoms with Crippen molar-refractivity contribution in [2.75, 3.05) is 20.5 Å². The van der Waals surface area contributed by atoms with E-state index in [2.05, 4.69) is 42.4 Å². The molecule has 1 aliphatic heterocycles. The van der Waals surface area contributed by atoms with Gasteiger partial charge in [-0.05, 0) is 51.8 Å². The van der Waals surface area contributed by atoms with Gasteiger partial charge in [-0.15, -0.1) is 0 Å². The molecule has 2 aromatic carbocycles. The maximum atomic E-state index is 11.9. The summed E-state index contributed by atoms with van der Waals surface area (Å²) in [4.78, 5) is 11.9. The lowest BCUT2D eigenvalue weighted by Gasteiger charge is -2.12. The maximum absolute atomic E-state index is 11.9. The first-order valence-corrected chi connectivity index (χ1v) is 9.03. The predicted octanol–water partition coefficient (Wildman–Crippen LogP) is 3.48. The fraction of sp³-hybridized carbons (Fsp3) is 0.176. The molecule has 0 atom stereocenters. The molecule has 136 valence electrons. The Balaban J connectivity index is 1.55. The van der Waals surface area contributed by atoms with E-state index in [0.717, 1.165) is 10.0 Å². The second-order valence-corrected chi connectivity index (χ2v) is 6.88. The molecule has 0 aliphatic carbocycles. The fourth-order valence-electron chi connectivity index (χ4n) is 2.17. The molecule has 2 aromatic rings. The number of methoxy groups -OCH3 is 1. The summed E-state index contributed by atoms with van der Waals surface area (Å²) in [5, 5.41) is 3.91. The number of rotatable bonds is 6. The Kier molecular flexibility index (Phi) is 6.00. The van der Waals surface area contributed by atoms with Crippen molar-refractivity contribution in [1.29, 1.82) is 0 Å². The zero-order valence-corrected chi connectivity index (χ0v) is 16.8. The number of benzene rings is 2. The lowest BCUT2D eigenvalue weighted by Crippen LogP contribution is -2.24. The number of amides is 1. The number of carbonyl (C=O) groups is 1. The average molecular weight is 486 g/mol. The van der Waals surface area contributed by atoms with Crippen molar-refractivity contribution in [2.24, 2.45) is 5.10 Å². The van der Waals surface area contributed by atoms with Crippen LogP contribution in [0.4, 0.5) is 0 Å². The molecule has 0 saturated heterocycles. The van der Waals surface area contributed by atoms with Gasteiger partial charge in [0, 0.05) is 4.47 Å². The molecule has 1 amide bonds. The first-order chi connectivity index (χ1) is 12.6. The van der Waals surface area contributed by atoms with Gasteiger partial charge in [0.25, 0.3) is 5.91 Å². The molecule has 1 aliphatic rings. The normalized spacial score (nSPS) is 12.3. The fourth-order valence-corrected chi connectivity index (χ4v) is 3.47. The van der Waals surface area contributed by atoms with E-state index in [0.29, 0.717) is 27.5 Å². The Hall–Kier alpha value is -2.26. The molecule has 9 heteroatoms. The molecule has 26 heavy (non-hydrogen) atoms. The van der Waals surface area contributed by atoms with E-state index in [1.165, 1.54) is 13.3 Å². The van der Waals surface area contributed by atoms with Gasteiger partial charge >= 0.3 is 0 Å². The minimum Gasteiger partial charge on any atom is -0.493 e. The van der Waals surface area contributed by atoms with Gasteiger partial charge in [-0.3, -0.25) is 4.79 Å². The summed E-state index contributed by atoms with van der Waals surface area (Å²) >= 11 is 6.74. The van der Waals surface area contributed by atoms with Crippen LogP contribution in [0.5, 0.6) is 23.0 Å². The molecule has 3 rings (SSSR count). The number of hydrogen-bond donors (Lipinski definition) is 1. The van der Waals surface area contributed by atoms with Gasteiger partial charge in [0.15, 0.2) is 29.6 Å². The van der Waals surface area contributed by atoms with Gasteiger partial charge in [0.1, 0.15) is 0 Å². The summed E-state index contributed by atoms with van der Waals surface area (Å²) in [7, 11) is 1.52. The molecule has 0 aromatic heterocycles. The van der Waals surface area contributed by atoms with Crippen LogP contribution in [0.25, 0.3) is 0 Å². The molecule has 1 N–H and O–H groups in total. The zero-order valence-electron chi connectivity index (χ0n) is 13.6. The van der Waals surface area contributed by atoms with Gasteiger partial charge in [-0.25, -0.2) is 5.43 Å². The standard InChI is InChI=1S/C17H14Br2N2O5/c1-23-15-6-11(18)5-12(19)17(15)24-8-16(22)21-20-7-10-2-3-13-14(4-10)26-9-25-13/h2-7H,8-9H2,1H3,(H,21,22)/b20-7-. The largest absolute Gasteiger partial charge is 0.493 e. The van der Waals surface area contributed by atoms with Gasteiger partial charge < -0.3 is 18.9 Å². The van der Waals surface area contributed by atoms with Crippen molar-refractivity contribution in [3.63, 3.8) is 0 Å². The lowest BCUT2D eigenvalue weighted by molar-refractivity contribution is -0.123. The second-order valence-electron chi connectivity index (χ2n) is 5.11. The molecule has 7 nitrogen and oxygen atoms in total. The highest BCUT2D eigenvalue weighted by atomic mass is 79.9. The first kappa shape index (κ1) is 18.5. The van der Waals surface area contributed by atoms with Crippen LogP contribution in [0.3, 0.4) is 0 Å². The van der Waals surface area contributed by atoms with Crippen molar-refractivity contribution in [2.45, 2.75) is 0 Å². The number of hydrazone groups is 1. The van der Waals surface area contributed by atoms with Crippen LogP contribution in [0.15, 0.2) is 44.4 Å². The van der Waals surface area contributed by atoms with Crippen LogP contribution in [-0.4, -0.2) is 32.6 Å². The smallest absolute Gasteiger partial charge is 0.277 e. The molecular weight excluding hydrogens is 472 g/mol. The summed E-state index contributed by atoms with van der Waals surface area (Å²) in [6, 6.07) is 8.91. The quantitative estimate of drug-likeness (QED) is 0.500. The Bertz CT molecular complexity index is 857. The molecular formula is C17H14Br2N2O5. The Labute approximate surface area is 166 Å². The Morgan fingerprint density at radius 2 is 2.08 bits per heavy atom. The highest BCUT2D eigenvalue weighted by molar-refractivity contribution is 9.11. The van der Waals surface area contributed by atoms with E-state index in [4.69, 9.17) is 18.9 Å². The van der Waals surface area contributed by atoms with Crippen molar-refractivity contribution < 1.29 is 23.7 Å². The lowest BCUT2D eigenvalue weighted by atomic mass is 10.2. The van der Waals surface area contributed by atoms with Crippen LogP contribution in [0.2, 0.25) is 0 Å². The van der Waals surface area contributed by atoms with Gasteiger partial charge in [-0.2, -0.15) is 5.10 Å². The van der Waals surface area contributed by atoms with Gasteiger partial charge in [0.2, 0.25) is 6.79 Å². The van der Waals surface area contributed by atoms with Crippen LogP contribution in [0.1, 0.15) is 5.56 Å². The number of halogens is 2. The highest BCUT2D eigenvalue weighted by Crippen LogP contribution is 2.38. The molecule has 0 bridgehead atoms. The minimum atomic E-state index is -0.404.